The summed E-state index contributed by atoms with van der Waals surface area (Å²) in [6, 6.07) is 8.03. The third-order valence-electron chi connectivity index (χ3n) is 3.41. The van der Waals surface area contributed by atoms with Crippen LogP contribution in [0, 0.1) is 0 Å². The van der Waals surface area contributed by atoms with Gasteiger partial charge in [-0.1, -0.05) is 19.1 Å². The number of guanidine groups is 1. The molecule has 1 aromatic rings. The van der Waals surface area contributed by atoms with Crippen LogP contribution in [-0.2, 0) is 11.3 Å². The van der Waals surface area contributed by atoms with Crippen molar-refractivity contribution < 1.29 is 9.53 Å². The molecule has 134 valence electrons. The van der Waals surface area contributed by atoms with E-state index in [2.05, 4.69) is 17.2 Å². The molecule has 1 aromatic carbocycles. The molecule has 24 heavy (non-hydrogen) atoms. The first kappa shape index (κ1) is 19.8. The van der Waals surface area contributed by atoms with Crippen molar-refractivity contribution in [1.29, 1.82) is 0 Å². The maximum atomic E-state index is 11.8. The van der Waals surface area contributed by atoms with Crippen LogP contribution in [0.15, 0.2) is 29.3 Å². The smallest absolute Gasteiger partial charge is 0.243 e. The number of carbonyl (C=O) groups excluding carboxylic acids is 1. The fourth-order valence-electron chi connectivity index (χ4n) is 2.04. The van der Waals surface area contributed by atoms with Crippen LogP contribution in [0.1, 0.15) is 25.8 Å². The maximum Gasteiger partial charge on any atom is 0.243 e. The van der Waals surface area contributed by atoms with Gasteiger partial charge in [-0.05, 0) is 31.0 Å². The second kappa shape index (κ2) is 10.5. The highest BCUT2D eigenvalue weighted by Gasteiger charge is 2.09. The number of hydrogen-bond donors (Lipinski definition) is 1. The molecule has 0 aromatic heterocycles. The van der Waals surface area contributed by atoms with Crippen molar-refractivity contribution >= 4 is 11.9 Å². The first-order chi connectivity index (χ1) is 11.5. The maximum absolute atomic E-state index is 11.8. The molecule has 0 spiro atoms. The predicted octanol–water partition coefficient (Wildman–Crippen LogP) is 1.96. The topological polar surface area (TPSA) is 57.2 Å². The standard InChI is InChI=1S/C18H30N4O2/c1-6-12-19-18(20-13-17(23)21(3)4)22(5)14-15-8-10-16(11-9-15)24-7-2/h8-11H,6-7,12-14H2,1-5H3,(H,19,20). The van der Waals surface area contributed by atoms with Crippen molar-refractivity contribution in [3.63, 3.8) is 0 Å². The number of hydrogen-bond acceptors (Lipinski definition) is 3. The van der Waals surface area contributed by atoms with E-state index < -0.39 is 0 Å². The van der Waals surface area contributed by atoms with Crippen LogP contribution in [0.25, 0.3) is 0 Å². The molecule has 0 aliphatic carbocycles. The lowest BCUT2D eigenvalue weighted by molar-refractivity contribution is -0.127. The zero-order valence-corrected chi connectivity index (χ0v) is 15.5. The minimum Gasteiger partial charge on any atom is -0.494 e. The van der Waals surface area contributed by atoms with Gasteiger partial charge in [-0.3, -0.25) is 4.79 Å². The van der Waals surface area contributed by atoms with Gasteiger partial charge in [0, 0.05) is 34.2 Å². The van der Waals surface area contributed by atoms with Gasteiger partial charge in [-0.15, -0.1) is 0 Å². The highest BCUT2D eigenvalue weighted by atomic mass is 16.5. The van der Waals surface area contributed by atoms with Crippen molar-refractivity contribution in [2.75, 3.05) is 40.8 Å². The summed E-state index contributed by atoms with van der Waals surface area (Å²) in [4.78, 5) is 19.8. The lowest BCUT2D eigenvalue weighted by Gasteiger charge is -2.23. The second-order valence-corrected chi connectivity index (χ2v) is 5.79. The van der Waals surface area contributed by atoms with Crippen LogP contribution in [0.2, 0.25) is 0 Å². The molecule has 0 saturated heterocycles. The van der Waals surface area contributed by atoms with E-state index in [4.69, 9.17) is 4.74 Å². The van der Waals surface area contributed by atoms with Gasteiger partial charge < -0.3 is 19.9 Å². The van der Waals surface area contributed by atoms with Crippen LogP contribution in [0.4, 0.5) is 0 Å². The SMILES string of the molecule is CCCNC(=NCC(=O)N(C)C)N(C)Cc1ccc(OCC)cc1. The van der Waals surface area contributed by atoms with Gasteiger partial charge in [-0.25, -0.2) is 4.99 Å². The Hall–Kier alpha value is -2.24. The van der Waals surface area contributed by atoms with E-state index in [9.17, 15) is 4.79 Å². The summed E-state index contributed by atoms with van der Waals surface area (Å²) in [5, 5.41) is 3.30. The summed E-state index contributed by atoms with van der Waals surface area (Å²) in [6.07, 6.45) is 0.998. The average Bonchev–Trinajstić information content (AvgIpc) is 2.56. The van der Waals surface area contributed by atoms with E-state index >= 15 is 0 Å². The zero-order valence-electron chi connectivity index (χ0n) is 15.5. The number of benzene rings is 1. The van der Waals surface area contributed by atoms with E-state index in [-0.39, 0.29) is 12.5 Å². The van der Waals surface area contributed by atoms with Gasteiger partial charge >= 0.3 is 0 Å². The molecular formula is C18H30N4O2. The van der Waals surface area contributed by atoms with Crippen LogP contribution in [0.5, 0.6) is 5.75 Å². The lowest BCUT2D eigenvalue weighted by atomic mass is 10.2. The number of carbonyl (C=O) groups is 1. The number of aliphatic imine (C=N–C) groups is 1. The largest absolute Gasteiger partial charge is 0.494 e. The number of nitrogens with zero attached hydrogens (tertiary/aromatic N) is 3. The van der Waals surface area contributed by atoms with E-state index in [0.717, 1.165) is 30.2 Å². The van der Waals surface area contributed by atoms with E-state index in [0.29, 0.717) is 13.2 Å². The van der Waals surface area contributed by atoms with Gasteiger partial charge in [-0.2, -0.15) is 0 Å². The highest BCUT2D eigenvalue weighted by Crippen LogP contribution is 2.13. The van der Waals surface area contributed by atoms with Crippen molar-refractivity contribution in [3.8, 4) is 5.75 Å². The Labute approximate surface area is 145 Å². The summed E-state index contributed by atoms with van der Waals surface area (Å²) < 4.78 is 5.46. The number of ether oxygens (including phenoxy) is 1. The van der Waals surface area contributed by atoms with Gasteiger partial charge in [0.2, 0.25) is 5.91 Å². The molecule has 1 amide bonds. The number of likely N-dealkylation sites (N-methyl/N-ethyl adjacent to an activating group) is 1. The van der Waals surface area contributed by atoms with Gasteiger partial charge in [0.25, 0.3) is 0 Å². The third kappa shape index (κ3) is 6.89. The molecule has 6 heteroatoms. The molecule has 1 rings (SSSR count). The summed E-state index contributed by atoms with van der Waals surface area (Å²) in [5.74, 6) is 1.60. The molecule has 0 saturated carbocycles. The first-order valence-corrected chi connectivity index (χ1v) is 8.39. The average molecular weight is 334 g/mol. The molecule has 0 bridgehead atoms. The normalized spacial score (nSPS) is 11.1. The molecular weight excluding hydrogens is 304 g/mol. The Balaban J connectivity index is 2.73. The van der Waals surface area contributed by atoms with Gasteiger partial charge in [0.15, 0.2) is 5.96 Å². The van der Waals surface area contributed by atoms with Crippen LogP contribution >= 0.6 is 0 Å². The van der Waals surface area contributed by atoms with E-state index in [1.807, 2.05) is 43.1 Å². The zero-order chi connectivity index (χ0) is 17.9. The Kier molecular flexibility index (Phi) is 8.68. The van der Waals surface area contributed by atoms with Crippen molar-refractivity contribution in [3.05, 3.63) is 29.8 Å². The van der Waals surface area contributed by atoms with Crippen molar-refractivity contribution in [2.24, 2.45) is 4.99 Å². The number of rotatable bonds is 8. The summed E-state index contributed by atoms with van der Waals surface area (Å²) in [6.45, 7) is 6.41. The molecule has 0 atom stereocenters. The van der Waals surface area contributed by atoms with Crippen molar-refractivity contribution in [1.82, 2.24) is 15.1 Å². The third-order valence-corrected chi connectivity index (χ3v) is 3.41. The predicted molar refractivity (Wildman–Crippen MR) is 98.4 cm³/mol. The van der Waals surface area contributed by atoms with Gasteiger partial charge in [0.1, 0.15) is 12.3 Å². The quantitative estimate of drug-likeness (QED) is 0.583. The van der Waals surface area contributed by atoms with Crippen molar-refractivity contribution in [2.45, 2.75) is 26.8 Å². The minimum absolute atomic E-state index is 0.0136. The number of amides is 1. The molecule has 6 nitrogen and oxygen atoms in total. The Morgan fingerprint density at radius 2 is 1.83 bits per heavy atom. The molecule has 0 radical (unpaired) electrons. The molecule has 0 aliphatic heterocycles. The lowest BCUT2D eigenvalue weighted by Crippen LogP contribution is -2.39. The molecule has 0 fully saturated rings. The first-order valence-electron chi connectivity index (χ1n) is 8.39. The molecule has 0 heterocycles. The fourth-order valence-corrected chi connectivity index (χ4v) is 2.04. The second-order valence-electron chi connectivity index (χ2n) is 5.79. The molecule has 1 N–H and O–H groups in total. The number of nitrogens with one attached hydrogen (secondary N) is 1. The molecule has 0 aliphatic rings. The van der Waals surface area contributed by atoms with Gasteiger partial charge in [0.05, 0.1) is 6.61 Å². The minimum atomic E-state index is -0.0136. The Bertz CT molecular complexity index is 526. The summed E-state index contributed by atoms with van der Waals surface area (Å²) >= 11 is 0. The monoisotopic (exact) mass is 334 g/mol. The van der Waals surface area contributed by atoms with Crippen LogP contribution in [0.3, 0.4) is 0 Å². The van der Waals surface area contributed by atoms with E-state index in [1.165, 1.54) is 0 Å². The van der Waals surface area contributed by atoms with Crippen LogP contribution < -0.4 is 10.1 Å². The summed E-state index contributed by atoms with van der Waals surface area (Å²) in [5.41, 5.74) is 1.16. The van der Waals surface area contributed by atoms with E-state index in [1.54, 1.807) is 19.0 Å². The summed E-state index contributed by atoms with van der Waals surface area (Å²) in [7, 11) is 5.44. The Morgan fingerprint density at radius 3 is 2.38 bits per heavy atom. The highest BCUT2D eigenvalue weighted by molar-refractivity contribution is 5.84. The Morgan fingerprint density at radius 1 is 1.17 bits per heavy atom. The molecule has 0 unspecified atom stereocenters. The van der Waals surface area contributed by atoms with Crippen LogP contribution in [-0.4, -0.2) is 62.5 Å². The fraction of sp³-hybridized carbons (Fsp3) is 0.556.